The molecule has 0 aromatic carbocycles. The minimum absolute atomic E-state index is 0.0127. The van der Waals surface area contributed by atoms with E-state index in [-0.39, 0.29) is 6.04 Å². The van der Waals surface area contributed by atoms with Gasteiger partial charge in [-0.15, -0.1) is 0 Å². The number of aliphatic hydroxyl groups excluding tert-OH is 1. The van der Waals surface area contributed by atoms with E-state index < -0.39 is 6.10 Å². The topological polar surface area (TPSA) is 67.5 Å². The maximum atomic E-state index is 9.10. The van der Waals surface area contributed by atoms with E-state index in [0.717, 1.165) is 6.42 Å². The Balaban J connectivity index is 2.30. The third-order valence-corrected chi connectivity index (χ3v) is 1.54. The number of hydrogen-bond donors (Lipinski definition) is 3. The van der Waals surface area contributed by atoms with Crippen LogP contribution in [0.15, 0.2) is 0 Å². The van der Waals surface area contributed by atoms with Gasteiger partial charge in [-0.3, -0.25) is 11.3 Å². The fourth-order valence-electron chi connectivity index (χ4n) is 0.917. The van der Waals surface area contributed by atoms with Gasteiger partial charge in [0.15, 0.2) is 0 Å². The molecule has 0 spiro atoms. The van der Waals surface area contributed by atoms with Crippen molar-refractivity contribution >= 4 is 0 Å². The molecule has 0 unspecified atom stereocenters. The summed E-state index contributed by atoms with van der Waals surface area (Å²) in [6.07, 6.45) is 0.348. The van der Waals surface area contributed by atoms with Crippen LogP contribution in [0.25, 0.3) is 0 Å². The highest BCUT2D eigenvalue weighted by Crippen LogP contribution is 2.05. The van der Waals surface area contributed by atoms with Crippen molar-refractivity contribution in [2.75, 3.05) is 13.2 Å². The monoisotopic (exact) mass is 132 g/mol. The lowest BCUT2D eigenvalue weighted by Gasteiger charge is -2.26. The smallest absolute Gasteiger partial charge is 0.0940 e. The summed E-state index contributed by atoms with van der Waals surface area (Å²) in [5.74, 6) is 5.13. The van der Waals surface area contributed by atoms with Gasteiger partial charge in [0, 0.05) is 6.61 Å². The Morgan fingerprint density at radius 3 is 2.89 bits per heavy atom. The molecule has 0 aromatic rings. The van der Waals surface area contributed by atoms with E-state index in [1.165, 1.54) is 0 Å². The van der Waals surface area contributed by atoms with Crippen molar-refractivity contribution in [1.82, 2.24) is 5.43 Å². The van der Waals surface area contributed by atoms with Gasteiger partial charge in [0.1, 0.15) is 0 Å². The standard InChI is InChI=1S/C5H12N2O2/c6-7-4-1-2-9-3-5(4)8/h4-5,7-8H,1-3,6H2/t4-,5-/m1/s1. The Hall–Kier alpha value is -0.160. The molecule has 0 saturated carbocycles. The molecule has 9 heavy (non-hydrogen) atoms. The summed E-state index contributed by atoms with van der Waals surface area (Å²) in [6.45, 7) is 1.08. The second kappa shape index (κ2) is 3.12. The third kappa shape index (κ3) is 1.62. The number of hydrazine groups is 1. The predicted octanol–water partition coefficient (Wildman–Crippen LogP) is -1.40. The minimum atomic E-state index is -0.441. The highest BCUT2D eigenvalue weighted by atomic mass is 16.5. The molecule has 4 N–H and O–H groups in total. The zero-order valence-electron chi connectivity index (χ0n) is 5.21. The van der Waals surface area contributed by atoms with E-state index in [0.29, 0.717) is 13.2 Å². The average molecular weight is 132 g/mol. The molecule has 4 heteroatoms. The van der Waals surface area contributed by atoms with Crippen LogP contribution < -0.4 is 11.3 Å². The summed E-state index contributed by atoms with van der Waals surface area (Å²) in [4.78, 5) is 0. The van der Waals surface area contributed by atoms with E-state index >= 15 is 0 Å². The van der Waals surface area contributed by atoms with Crippen LogP contribution in [0.2, 0.25) is 0 Å². The first kappa shape index (κ1) is 6.95. The third-order valence-electron chi connectivity index (χ3n) is 1.54. The van der Waals surface area contributed by atoms with Crippen molar-refractivity contribution in [3.63, 3.8) is 0 Å². The highest BCUT2D eigenvalue weighted by molar-refractivity contribution is 4.76. The molecule has 0 bridgehead atoms. The Morgan fingerprint density at radius 2 is 2.44 bits per heavy atom. The van der Waals surface area contributed by atoms with Crippen LogP contribution in [-0.4, -0.2) is 30.5 Å². The first-order chi connectivity index (χ1) is 4.34. The van der Waals surface area contributed by atoms with Crippen LogP contribution in [0.1, 0.15) is 6.42 Å². The van der Waals surface area contributed by atoms with Gasteiger partial charge >= 0.3 is 0 Å². The Kier molecular flexibility index (Phi) is 2.41. The second-order valence-electron chi connectivity index (χ2n) is 2.20. The predicted molar refractivity (Wildman–Crippen MR) is 32.6 cm³/mol. The fraction of sp³-hybridized carbons (Fsp3) is 1.00. The molecule has 2 atom stereocenters. The Morgan fingerprint density at radius 1 is 1.67 bits per heavy atom. The highest BCUT2D eigenvalue weighted by Gasteiger charge is 2.21. The summed E-state index contributed by atoms with van der Waals surface area (Å²) in [5.41, 5.74) is 2.52. The number of ether oxygens (including phenoxy) is 1. The van der Waals surface area contributed by atoms with Crippen LogP contribution in [0.4, 0.5) is 0 Å². The van der Waals surface area contributed by atoms with Gasteiger partial charge in [-0.2, -0.15) is 0 Å². The van der Waals surface area contributed by atoms with Gasteiger partial charge < -0.3 is 9.84 Å². The number of aliphatic hydroxyl groups is 1. The lowest BCUT2D eigenvalue weighted by atomic mass is 10.1. The molecule has 1 aliphatic heterocycles. The number of nitrogens with two attached hydrogens (primary N) is 1. The minimum Gasteiger partial charge on any atom is -0.389 e. The summed E-state index contributed by atoms with van der Waals surface area (Å²) < 4.78 is 4.97. The molecule has 0 aromatic heterocycles. The summed E-state index contributed by atoms with van der Waals surface area (Å²) >= 11 is 0. The molecule has 0 amide bonds. The average Bonchev–Trinajstić information content (AvgIpc) is 1.89. The maximum absolute atomic E-state index is 9.10. The largest absolute Gasteiger partial charge is 0.389 e. The van der Waals surface area contributed by atoms with Gasteiger partial charge in [-0.05, 0) is 6.42 Å². The number of rotatable bonds is 1. The van der Waals surface area contributed by atoms with Crippen molar-refractivity contribution in [3.8, 4) is 0 Å². The van der Waals surface area contributed by atoms with Crippen LogP contribution in [0.5, 0.6) is 0 Å². The van der Waals surface area contributed by atoms with E-state index in [9.17, 15) is 0 Å². The zero-order chi connectivity index (χ0) is 6.69. The van der Waals surface area contributed by atoms with Crippen LogP contribution >= 0.6 is 0 Å². The Bertz CT molecular complexity index is 89.0. The van der Waals surface area contributed by atoms with Gasteiger partial charge in [-0.25, -0.2) is 0 Å². The first-order valence-corrected chi connectivity index (χ1v) is 3.06. The molecule has 0 aliphatic carbocycles. The van der Waals surface area contributed by atoms with Crippen molar-refractivity contribution in [1.29, 1.82) is 0 Å². The molecule has 1 aliphatic rings. The SMILES string of the molecule is NN[C@@H]1CCOC[C@H]1O. The molecule has 0 radical (unpaired) electrons. The molecule has 1 heterocycles. The van der Waals surface area contributed by atoms with E-state index in [2.05, 4.69) is 5.43 Å². The summed E-state index contributed by atoms with van der Waals surface area (Å²) in [7, 11) is 0. The Labute approximate surface area is 54.0 Å². The van der Waals surface area contributed by atoms with Crippen molar-refractivity contribution in [2.24, 2.45) is 5.84 Å². The fourth-order valence-corrected chi connectivity index (χ4v) is 0.917. The van der Waals surface area contributed by atoms with E-state index in [4.69, 9.17) is 15.7 Å². The van der Waals surface area contributed by atoms with Crippen molar-refractivity contribution < 1.29 is 9.84 Å². The van der Waals surface area contributed by atoms with Crippen LogP contribution in [-0.2, 0) is 4.74 Å². The normalized spacial score (nSPS) is 36.7. The van der Waals surface area contributed by atoms with Crippen LogP contribution in [0.3, 0.4) is 0 Å². The lowest BCUT2D eigenvalue weighted by molar-refractivity contribution is -0.0276. The molecular weight excluding hydrogens is 120 g/mol. The maximum Gasteiger partial charge on any atom is 0.0940 e. The molecule has 4 nitrogen and oxygen atoms in total. The van der Waals surface area contributed by atoms with Crippen molar-refractivity contribution in [2.45, 2.75) is 18.6 Å². The lowest BCUT2D eigenvalue weighted by Crippen LogP contribution is -2.49. The molecule has 1 saturated heterocycles. The van der Waals surface area contributed by atoms with E-state index in [1.54, 1.807) is 0 Å². The first-order valence-electron chi connectivity index (χ1n) is 3.06. The van der Waals surface area contributed by atoms with Crippen molar-refractivity contribution in [3.05, 3.63) is 0 Å². The van der Waals surface area contributed by atoms with E-state index in [1.807, 2.05) is 0 Å². The van der Waals surface area contributed by atoms with Gasteiger partial charge in [-0.1, -0.05) is 0 Å². The van der Waals surface area contributed by atoms with Gasteiger partial charge in [0.25, 0.3) is 0 Å². The van der Waals surface area contributed by atoms with Gasteiger partial charge in [0.2, 0.25) is 0 Å². The molecular formula is C5H12N2O2. The molecule has 1 rings (SSSR count). The number of nitrogens with one attached hydrogen (secondary N) is 1. The molecule has 1 fully saturated rings. The number of hydrogen-bond acceptors (Lipinski definition) is 4. The van der Waals surface area contributed by atoms with Gasteiger partial charge in [0.05, 0.1) is 18.8 Å². The quantitative estimate of drug-likeness (QED) is 0.303. The zero-order valence-corrected chi connectivity index (χ0v) is 5.21. The van der Waals surface area contributed by atoms with Crippen LogP contribution in [0, 0.1) is 0 Å². The molecule has 54 valence electrons. The second-order valence-corrected chi connectivity index (χ2v) is 2.20. The summed E-state index contributed by atoms with van der Waals surface area (Å²) in [5, 5.41) is 9.10. The summed E-state index contributed by atoms with van der Waals surface area (Å²) in [6, 6.07) is 0.0127.